The molecule has 0 unspecified atom stereocenters. The van der Waals surface area contributed by atoms with E-state index >= 15 is 0 Å². The van der Waals surface area contributed by atoms with Crippen molar-refractivity contribution in [1.82, 2.24) is 5.32 Å². The molecule has 0 saturated carbocycles. The summed E-state index contributed by atoms with van der Waals surface area (Å²) in [5.41, 5.74) is 1.61. The van der Waals surface area contributed by atoms with Gasteiger partial charge in [-0.25, -0.2) is 4.79 Å². The van der Waals surface area contributed by atoms with Crippen molar-refractivity contribution in [2.45, 2.75) is 19.9 Å². The number of carbonyl (C=O) groups is 3. The number of benzene rings is 2. The van der Waals surface area contributed by atoms with E-state index in [0.29, 0.717) is 10.7 Å². The Labute approximate surface area is 156 Å². The van der Waals surface area contributed by atoms with E-state index in [1.165, 1.54) is 13.0 Å². The monoisotopic (exact) mass is 374 g/mol. The number of ether oxygens (including phenoxy) is 1. The van der Waals surface area contributed by atoms with Gasteiger partial charge in [0.25, 0.3) is 5.91 Å². The zero-order chi connectivity index (χ0) is 19.1. The van der Waals surface area contributed by atoms with Gasteiger partial charge in [0.15, 0.2) is 6.61 Å². The molecule has 0 bridgehead atoms. The molecule has 0 saturated heterocycles. The first-order valence-corrected chi connectivity index (χ1v) is 8.32. The second-order valence-electron chi connectivity index (χ2n) is 5.68. The maximum Gasteiger partial charge on any atom is 0.338 e. The zero-order valence-corrected chi connectivity index (χ0v) is 15.2. The van der Waals surface area contributed by atoms with Gasteiger partial charge in [0.05, 0.1) is 11.6 Å². The number of amides is 2. The van der Waals surface area contributed by atoms with Gasteiger partial charge < -0.3 is 15.4 Å². The van der Waals surface area contributed by atoms with Crippen LogP contribution in [0.1, 0.15) is 35.8 Å². The fourth-order valence-electron chi connectivity index (χ4n) is 2.26. The summed E-state index contributed by atoms with van der Waals surface area (Å²) >= 11 is 5.84. The molecular formula is C19H19ClN2O4. The van der Waals surface area contributed by atoms with Crippen LogP contribution in [-0.4, -0.2) is 24.4 Å². The maximum atomic E-state index is 12.1. The van der Waals surface area contributed by atoms with Crippen molar-refractivity contribution >= 4 is 35.1 Å². The van der Waals surface area contributed by atoms with Crippen molar-refractivity contribution in [3.63, 3.8) is 0 Å². The molecular weight excluding hydrogens is 356 g/mol. The minimum atomic E-state index is -0.647. The Morgan fingerprint density at radius 2 is 1.81 bits per heavy atom. The Kier molecular flexibility index (Phi) is 6.74. The maximum absolute atomic E-state index is 12.1. The third kappa shape index (κ3) is 5.89. The molecule has 0 heterocycles. The lowest BCUT2D eigenvalue weighted by Gasteiger charge is -2.14. The van der Waals surface area contributed by atoms with E-state index in [4.69, 9.17) is 16.3 Å². The van der Waals surface area contributed by atoms with Crippen molar-refractivity contribution in [2.75, 3.05) is 11.9 Å². The lowest BCUT2D eigenvalue weighted by Crippen LogP contribution is -2.31. The van der Waals surface area contributed by atoms with Gasteiger partial charge in [-0.1, -0.05) is 29.8 Å². The summed E-state index contributed by atoms with van der Waals surface area (Å²) in [4.78, 5) is 35.1. The Balaban J connectivity index is 1.87. The van der Waals surface area contributed by atoms with Crippen LogP contribution in [0.5, 0.6) is 0 Å². The third-order valence-electron chi connectivity index (χ3n) is 3.50. The molecule has 0 aliphatic rings. The average molecular weight is 375 g/mol. The highest BCUT2D eigenvalue weighted by Crippen LogP contribution is 2.16. The highest BCUT2D eigenvalue weighted by Gasteiger charge is 2.13. The number of halogens is 1. The molecule has 2 N–H and O–H groups in total. The van der Waals surface area contributed by atoms with Crippen molar-refractivity contribution in [1.29, 1.82) is 0 Å². The fraction of sp³-hybridized carbons (Fsp3) is 0.211. The largest absolute Gasteiger partial charge is 0.452 e. The zero-order valence-electron chi connectivity index (χ0n) is 14.4. The van der Waals surface area contributed by atoms with Gasteiger partial charge in [-0.2, -0.15) is 0 Å². The predicted octanol–water partition coefficient (Wildman–Crippen LogP) is 3.33. The summed E-state index contributed by atoms with van der Waals surface area (Å²) in [7, 11) is 0. The van der Waals surface area contributed by atoms with Gasteiger partial charge in [0.2, 0.25) is 5.91 Å². The van der Waals surface area contributed by atoms with Crippen LogP contribution in [0.25, 0.3) is 0 Å². The van der Waals surface area contributed by atoms with Crippen LogP contribution in [0.15, 0.2) is 48.5 Å². The topological polar surface area (TPSA) is 84.5 Å². The van der Waals surface area contributed by atoms with Crippen LogP contribution in [0.3, 0.4) is 0 Å². The number of hydrogen-bond donors (Lipinski definition) is 2. The van der Waals surface area contributed by atoms with E-state index in [9.17, 15) is 14.4 Å². The summed E-state index contributed by atoms with van der Waals surface area (Å²) in [6.07, 6.45) is 0. The quantitative estimate of drug-likeness (QED) is 0.759. The van der Waals surface area contributed by atoms with Gasteiger partial charge >= 0.3 is 5.97 Å². The molecule has 2 aromatic carbocycles. The first-order valence-electron chi connectivity index (χ1n) is 7.95. The Bertz CT molecular complexity index is 805. The average Bonchev–Trinajstić information content (AvgIpc) is 2.59. The second kappa shape index (κ2) is 9.01. The van der Waals surface area contributed by atoms with Crippen molar-refractivity contribution < 1.29 is 19.1 Å². The predicted molar refractivity (Wildman–Crippen MR) is 99.0 cm³/mol. The van der Waals surface area contributed by atoms with Gasteiger partial charge in [-0.3, -0.25) is 9.59 Å². The number of esters is 1. The third-order valence-corrected chi connectivity index (χ3v) is 3.75. The van der Waals surface area contributed by atoms with Crippen LogP contribution in [0, 0.1) is 0 Å². The minimum absolute atomic E-state index is 0.244. The fourth-order valence-corrected chi connectivity index (χ4v) is 2.39. The summed E-state index contributed by atoms with van der Waals surface area (Å²) in [5.74, 6) is -1.31. The molecule has 0 aliphatic heterocycles. The summed E-state index contributed by atoms with van der Waals surface area (Å²) < 4.78 is 5.02. The van der Waals surface area contributed by atoms with Crippen LogP contribution >= 0.6 is 11.6 Å². The van der Waals surface area contributed by atoms with Crippen molar-refractivity contribution in [2.24, 2.45) is 0 Å². The van der Waals surface area contributed by atoms with Crippen molar-refractivity contribution in [3.05, 3.63) is 64.7 Å². The summed E-state index contributed by atoms with van der Waals surface area (Å²) in [6, 6.07) is 13.1. The number of nitrogens with one attached hydrogen (secondary N) is 2. The van der Waals surface area contributed by atoms with Gasteiger partial charge in [0.1, 0.15) is 0 Å². The van der Waals surface area contributed by atoms with Gasteiger partial charge in [0, 0.05) is 17.6 Å². The van der Waals surface area contributed by atoms with Crippen LogP contribution in [-0.2, 0) is 14.3 Å². The number of anilines is 1. The molecule has 0 aliphatic carbocycles. The van der Waals surface area contributed by atoms with Gasteiger partial charge in [-0.05, 0) is 42.8 Å². The molecule has 2 aromatic rings. The van der Waals surface area contributed by atoms with E-state index in [1.807, 2.05) is 19.1 Å². The molecule has 2 rings (SSSR count). The van der Waals surface area contributed by atoms with Crippen LogP contribution < -0.4 is 10.6 Å². The molecule has 26 heavy (non-hydrogen) atoms. The highest BCUT2D eigenvalue weighted by molar-refractivity contribution is 6.30. The Hall–Kier alpha value is -2.86. The summed E-state index contributed by atoms with van der Waals surface area (Å²) in [6.45, 7) is 2.79. The molecule has 136 valence electrons. The van der Waals surface area contributed by atoms with E-state index in [0.717, 1.165) is 5.56 Å². The molecule has 0 aromatic heterocycles. The van der Waals surface area contributed by atoms with E-state index in [2.05, 4.69) is 10.6 Å². The first-order chi connectivity index (χ1) is 12.3. The summed E-state index contributed by atoms with van der Waals surface area (Å²) in [5, 5.41) is 5.94. The minimum Gasteiger partial charge on any atom is -0.452 e. The number of rotatable bonds is 6. The number of carbonyl (C=O) groups excluding carboxylic acids is 3. The lowest BCUT2D eigenvalue weighted by molar-refractivity contribution is -0.124. The molecule has 1 atom stereocenters. The molecule has 0 radical (unpaired) electrons. The Morgan fingerprint density at radius 3 is 2.46 bits per heavy atom. The number of hydrogen-bond acceptors (Lipinski definition) is 4. The molecule has 7 heteroatoms. The SMILES string of the molecule is CC(=O)Nc1cccc(C(=O)OCC(=O)N[C@H](C)c2ccc(Cl)cc2)c1. The van der Waals surface area contributed by atoms with E-state index in [-0.39, 0.29) is 17.5 Å². The van der Waals surface area contributed by atoms with E-state index in [1.54, 1.807) is 30.3 Å². The molecule has 0 fully saturated rings. The highest BCUT2D eigenvalue weighted by atomic mass is 35.5. The molecule has 0 spiro atoms. The van der Waals surface area contributed by atoms with Gasteiger partial charge in [-0.15, -0.1) is 0 Å². The first kappa shape index (κ1) is 19.5. The smallest absolute Gasteiger partial charge is 0.338 e. The standard InChI is InChI=1S/C19H19ClN2O4/c1-12(14-6-8-16(20)9-7-14)21-18(24)11-26-19(25)15-4-3-5-17(10-15)22-13(2)23/h3-10,12H,11H2,1-2H3,(H,21,24)(H,22,23)/t12-/m1/s1. The van der Waals surface area contributed by atoms with Crippen molar-refractivity contribution in [3.8, 4) is 0 Å². The normalized spacial score (nSPS) is 11.3. The lowest BCUT2D eigenvalue weighted by atomic mass is 10.1. The second-order valence-corrected chi connectivity index (χ2v) is 6.12. The Morgan fingerprint density at radius 1 is 1.12 bits per heavy atom. The molecule has 2 amide bonds. The van der Waals surface area contributed by atoms with Crippen LogP contribution in [0.4, 0.5) is 5.69 Å². The molecule has 6 nitrogen and oxygen atoms in total. The van der Waals surface area contributed by atoms with E-state index < -0.39 is 18.5 Å². The van der Waals surface area contributed by atoms with Crippen LogP contribution in [0.2, 0.25) is 5.02 Å².